The van der Waals surface area contributed by atoms with Crippen LogP contribution in [0.1, 0.15) is 38.5 Å². The second-order valence-corrected chi connectivity index (χ2v) is 3.64. The summed E-state index contributed by atoms with van der Waals surface area (Å²) >= 11 is 0. The van der Waals surface area contributed by atoms with E-state index < -0.39 is 6.04 Å². The van der Waals surface area contributed by atoms with Crippen molar-refractivity contribution in [2.45, 2.75) is 38.8 Å². The maximum absolute atomic E-state index is 11.6. The molecule has 1 aromatic rings. The Hall–Kier alpha value is -1.29. The van der Waals surface area contributed by atoms with Gasteiger partial charge in [-0.2, -0.15) is 0 Å². The number of hydrogen-bond acceptors (Lipinski definition) is 3. The van der Waals surface area contributed by atoms with Gasteiger partial charge in [0.2, 0.25) is 5.91 Å². The molecule has 1 rings (SSSR count). The van der Waals surface area contributed by atoms with Gasteiger partial charge in [0.25, 0.3) is 0 Å². The Balaban J connectivity index is 2.44. The molecule has 1 aromatic heterocycles. The molecule has 4 nitrogen and oxygen atoms in total. The molecule has 2 atom stereocenters. The summed E-state index contributed by atoms with van der Waals surface area (Å²) in [7, 11) is 0. The normalized spacial score (nSPS) is 14.6. The Morgan fingerprint density at radius 1 is 1.67 bits per heavy atom. The van der Waals surface area contributed by atoms with Gasteiger partial charge in [-0.3, -0.25) is 4.79 Å². The van der Waals surface area contributed by atoms with Crippen molar-refractivity contribution in [3.8, 4) is 0 Å². The highest BCUT2D eigenvalue weighted by molar-refractivity contribution is 5.81. The lowest BCUT2D eigenvalue weighted by atomic mass is 10.1. The van der Waals surface area contributed by atoms with Crippen molar-refractivity contribution >= 4 is 5.91 Å². The Kier molecular flexibility index (Phi) is 4.37. The Bertz CT molecular complexity index is 296. The number of furan rings is 1. The van der Waals surface area contributed by atoms with Crippen LogP contribution in [0.4, 0.5) is 0 Å². The van der Waals surface area contributed by atoms with E-state index in [2.05, 4.69) is 5.32 Å². The standard InChI is InChI=1S/C11H18N2O2/c1-3-5-9(12)11(14)13-8(2)10-6-4-7-15-10/h4,6-9H,3,5,12H2,1-2H3,(H,13,14)/t8-,9-/m0/s1. The lowest BCUT2D eigenvalue weighted by Crippen LogP contribution is -2.41. The van der Waals surface area contributed by atoms with Crippen LogP contribution in [0.15, 0.2) is 22.8 Å². The lowest BCUT2D eigenvalue weighted by molar-refractivity contribution is -0.123. The van der Waals surface area contributed by atoms with Crippen LogP contribution in [0, 0.1) is 0 Å². The average Bonchev–Trinajstić information content (AvgIpc) is 2.70. The summed E-state index contributed by atoms with van der Waals surface area (Å²) < 4.78 is 5.18. The molecule has 3 N–H and O–H groups in total. The van der Waals surface area contributed by atoms with Gasteiger partial charge in [0.05, 0.1) is 18.3 Å². The molecule has 0 fully saturated rings. The highest BCUT2D eigenvalue weighted by atomic mass is 16.3. The van der Waals surface area contributed by atoms with Crippen LogP contribution >= 0.6 is 0 Å². The van der Waals surface area contributed by atoms with Crippen molar-refractivity contribution in [1.82, 2.24) is 5.32 Å². The minimum atomic E-state index is -0.424. The fraction of sp³-hybridized carbons (Fsp3) is 0.545. The Morgan fingerprint density at radius 3 is 2.93 bits per heavy atom. The number of nitrogens with two attached hydrogens (primary N) is 1. The van der Waals surface area contributed by atoms with Crippen molar-refractivity contribution in [1.29, 1.82) is 0 Å². The van der Waals surface area contributed by atoms with Crippen molar-refractivity contribution in [3.05, 3.63) is 24.2 Å². The molecule has 0 saturated heterocycles. The van der Waals surface area contributed by atoms with Gasteiger partial charge in [-0.25, -0.2) is 0 Å². The second kappa shape index (κ2) is 5.56. The largest absolute Gasteiger partial charge is 0.467 e. The highest BCUT2D eigenvalue weighted by Crippen LogP contribution is 2.12. The van der Waals surface area contributed by atoms with E-state index in [1.54, 1.807) is 12.3 Å². The first-order chi connectivity index (χ1) is 7.15. The second-order valence-electron chi connectivity index (χ2n) is 3.64. The van der Waals surface area contributed by atoms with Gasteiger partial charge >= 0.3 is 0 Å². The van der Waals surface area contributed by atoms with Crippen LogP contribution in [0.2, 0.25) is 0 Å². The van der Waals surface area contributed by atoms with Crippen molar-refractivity contribution in [3.63, 3.8) is 0 Å². The van der Waals surface area contributed by atoms with Crippen LogP contribution in [-0.2, 0) is 4.79 Å². The van der Waals surface area contributed by atoms with Crippen LogP contribution in [-0.4, -0.2) is 11.9 Å². The predicted molar refractivity (Wildman–Crippen MR) is 58.1 cm³/mol. The number of carbonyl (C=O) groups is 1. The first-order valence-electron chi connectivity index (χ1n) is 5.24. The summed E-state index contributed by atoms with van der Waals surface area (Å²) in [5, 5.41) is 2.81. The molecule has 0 radical (unpaired) electrons. The minimum absolute atomic E-state index is 0.124. The van der Waals surface area contributed by atoms with Gasteiger partial charge in [-0.1, -0.05) is 13.3 Å². The third-order valence-electron chi connectivity index (χ3n) is 2.27. The first-order valence-corrected chi connectivity index (χ1v) is 5.24. The predicted octanol–water partition coefficient (Wildman–Crippen LogP) is 1.58. The van der Waals surface area contributed by atoms with Crippen molar-refractivity contribution in [2.24, 2.45) is 5.73 Å². The molecule has 0 aliphatic carbocycles. The van der Waals surface area contributed by atoms with Gasteiger partial charge in [0, 0.05) is 0 Å². The molecule has 1 heterocycles. The summed E-state index contributed by atoms with van der Waals surface area (Å²) in [5.74, 6) is 0.618. The average molecular weight is 210 g/mol. The minimum Gasteiger partial charge on any atom is -0.467 e. The topological polar surface area (TPSA) is 68.3 Å². The monoisotopic (exact) mass is 210 g/mol. The zero-order valence-corrected chi connectivity index (χ0v) is 9.19. The van der Waals surface area contributed by atoms with Gasteiger partial charge in [-0.05, 0) is 25.5 Å². The number of carbonyl (C=O) groups excluding carboxylic acids is 1. The van der Waals surface area contributed by atoms with Crippen LogP contribution in [0.3, 0.4) is 0 Å². The fourth-order valence-electron chi connectivity index (χ4n) is 1.37. The molecule has 0 aliphatic heterocycles. The first kappa shape index (κ1) is 11.8. The molecular formula is C11H18N2O2. The van der Waals surface area contributed by atoms with Crippen LogP contribution in [0.5, 0.6) is 0 Å². The molecule has 0 aromatic carbocycles. The molecule has 15 heavy (non-hydrogen) atoms. The number of rotatable bonds is 5. The van der Waals surface area contributed by atoms with E-state index in [9.17, 15) is 4.79 Å². The summed E-state index contributed by atoms with van der Waals surface area (Å²) in [6.45, 7) is 3.87. The lowest BCUT2D eigenvalue weighted by Gasteiger charge is -2.15. The third-order valence-corrected chi connectivity index (χ3v) is 2.27. The third kappa shape index (κ3) is 3.40. The molecule has 4 heteroatoms. The maximum Gasteiger partial charge on any atom is 0.237 e. The van der Waals surface area contributed by atoms with Crippen LogP contribution in [0.25, 0.3) is 0 Å². The Morgan fingerprint density at radius 2 is 2.40 bits per heavy atom. The summed E-state index contributed by atoms with van der Waals surface area (Å²) in [4.78, 5) is 11.6. The van der Waals surface area contributed by atoms with Gasteiger partial charge in [0.1, 0.15) is 5.76 Å². The summed E-state index contributed by atoms with van der Waals surface area (Å²) in [5.41, 5.74) is 5.69. The molecule has 0 spiro atoms. The molecule has 0 aliphatic rings. The quantitative estimate of drug-likeness (QED) is 0.775. The van der Waals surface area contributed by atoms with Crippen molar-refractivity contribution < 1.29 is 9.21 Å². The van der Waals surface area contributed by atoms with E-state index in [-0.39, 0.29) is 11.9 Å². The number of nitrogens with one attached hydrogen (secondary N) is 1. The zero-order chi connectivity index (χ0) is 11.3. The maximum atomic E-state index is 11.6. The number of amides is 1. The summed E-state index contributed by atoms with van der Waals surface area (Å²) in [6.07, 6.45) is 3.20. The Labute approximate surface area is 89.8 Å². The molecule has 0 saturated carbocycles. The smallest absolute Gasteiger partial charge is 0.237 e. The van der Waals surface area contributed by atoms with Gasteiger partial charge < -0.3 is 15.5 Å². The molecule has 84 valence electrons. The fourth-order valence-corrected chi connectivity index (χ4v) is 1.37. The molecular weight excluding hydrogens is 192 g/mol. The molecule has 0 bridgehead atoms. The van der Waals surface area contributed by atoms with E-state index in [1.807, 2.05) is 19.9 Å². The van der Waals surface area contributed by atoms with Gasteiger partial charge in [-0.15, -0.1) is 0 Å². The van der Waals surface area contributed by atoms with E-state index in [0.717, 1.165) is 12.2 Å². The zero-order valence-electron chi connectivity index (χ0n) is 9.19. The van der Waals surface area contributed by atoms with E-state index in [0.29, 0.717) is 6.42 Å². The molecule has 0 unspecified atom stereocenters. The van der Waals surface area contributed by atoms with Crippen molar-refractivity contribution in [2.75, 3.05) is 0 Å². The van der Waals surface area contributed by atoms with Gasteiger partial charge in [0.15, 0.2) is 0 Å². The van der Waals surface area contributed by atoms with E-state index >= 15 is 0 Å². The SMILES string of the molecule is CCC[C@H](N)C(=O)N[C@@H](C)c1ccco1. The van der Waals surface area contributed by atoms with E-state index in [1.165, 1.54) is 0 Å². The van der Waals surface area contributed by atoms with Crippen LogP contribution < -0.4 is 11.1 Å². The molecule has 1 amide bonds. The highest BCUT2D eigenvalue weighted by Gasteiger charge is 2.16. The summed E-state index contributed by atoms with van der Waals surface area (Å²) in [6, 6.07) is 3.07. The number of hydrogen-bond donors (Lipinski definition) is 2. The van der Waals surface area contributed by atoms with E-state index in [4.69, 9.17) is 10.2 Å².